The van der Waals surface area contributed by atoms with Crippen LogP contribution in [0, 0.1) is 14.4 Å². The van der Waals surface area contributed by atoms with E-state index >= 15 is 0 Å². The molecule has 1 aliphatic rings. The van der Waals surface area contributed by atoms with Crippen LogP contribution < -0.4 is 0 Å². The second-order valence-corrected chi connectivity index (χ2v) is 10.4. The molecule has 0 bridgehead atoms. The first kappa shape index (κ1) is 26.5. The van der Waals surface area contributed by atoms with Crippen molar-refractivity contribution in [3.8, 4) is 0 Å². The van der Waals surface area contributed by atoms with Gasteiger partial charge in [-0.25, -0.2) is 4.79 Å². The summed E-state index contributed by atoms with van der Waals surface area (Å²) < 4.78 is 21.6. The SMILES string of the molecule is CC(C)(CCC(C)(C)C(=O)OCC1CO1)C(=O)OCC(O)COC(=O)c1ccc(I)cc1. The van der Waals surface area contributed by atoms with Gasteiger partial charge in [-0.3, -0.25) is 9.59 Å². The second-order valence-electron chi connectivity index (χ2n) is 9.18. The average Bonchev–Trinajstić information content (AvgIpc) is 3.57. The summed E-state index contributed by atoms with van der Waals surface area (Å²) in [4.78, 5) is 36.8. The van der Waals surface area contributed by atoms with Gasteiger partial charge in [0, 0.05) is 3.57 Å². The molecule has 8 nitrogen and oxygen atoms in total. The van der Waals surface area contributed by atoms with Crippen LogP contribution in [0.2, 0.25) is 0 Å². The molecule has 1 fully saturated rings. The van der Waals surface area contributed by atoms with E-state index in [-0.39, 0.29) is 31.9 Å². The minimum Gasteiger partial charge on any atom is -0.462 e. The van der Waals surface area contributed by atoms with E-state index in [4.69, 9.17) is 18.9 Å². The molecule has 0 spiro atoms. The van der Waals surface area contributed by atoms with Crippen molar-refractivity contribution in [1.29, 1.82) is 0 Å². The standard InChI is InChI=1S/C23H31IO8/c1-22(2,9-10-23(3,4)21(28)32-14-18-13-29-18)20(27)31-12-17(25)11-30-19(26)15-5-7-16(24)8-6-15/h5-8,17-18,25H,9-14H2,1-4H3. The topological polar surface area (TPSA) is 112 Å². The summed E-state index contributed by atoms with van der Waals surface area (Å²) in [6.45, 7) is 7.27. The molecule has 2 atom stereocenters. The number of ether oxygens (including phenoxy) is 4. The Morgan fingerprint density at radius 1 is 1.00 bits per heavy atom. The van der Waals surface area contributed by atoms with Crippen molar-refractivity contribution < 1.29 is 38.4 Å². The molecule has 1 aliphatic heterocycles. The maximum atomic E-state index is 12.5. The number of epoxide rings is 1. The van der Waals surface area contributed by atoms with E-state index < -0.39 is 28.9 Å². The average molecular weight is 562 g/mol. The van der Waals surface area contributed by atoms with Crippen molar-refractivity contribution in [1.82, 2.24) is 0 Å². The molecular formula is C23H31IO8. The zero-order valence-electron chi connectivity index (χ0n) is 18.9. The molecule has 178 valence electrons. The van der Waals surface area contributed by atoms with Crippen molar-refractivity contribution in [2.75, 3.05) is 26.4 Å². The fraction of sp³-hybridized carbons (Fsp3) is 0.609. The Kier molecular flexibility index (Phi) is 9.47. The Balaban J connectivity index is 1.71. The summed E-state index contributed by atoms with van der Waals surface area (Å²) in [5.41, 5.74) is -1.24. The fourth-order valence-electron chi connectivity index (χ4n) is 2.61. The van der Waals surface area contributed by atoms with Gasteiger partial charge in [-0.05, 0) is 87.4 Å². The van der Waals surface area contributed by atoms with Gasteiger partial charge in [0.2, 0.25) is 0 Å². The summed E-state index contributed by atoms with van der Waals surface area (Å²) in [7, 11) is 0. The van der Waals surface area contributed by atoms with Crippen LogP contribution in [-0.2, 0) is 28.5 Å². The molecule has 1 heterocycles. The number of hydrogen-bond acceptors (Lipinski definition) is 8. The molecule has 0 aromatic heterocycles. The normalized spacial score (nSPS) is 16.8. The molecule has 0 saturated carbocycles. The van der Waals surface area contributed by atoms with Crippen LogP contribution in [0.3, 0.4) is 0 Å². The zero-order valence-corrected chi connectivity index (χ0v) is 21.0. The van der Waals surface area contributed by atoms with Crippen LogP contribution in [-0.4, -0.2) is 61.6 Å². The molecule has 0 amide bonds. The number of hydrogen-bond donors (Lipinski definition) is 1. The van der Waals surface area contributed by atoms with Crippen LogP contribution in [0.5, 0.6) is 0 Å². The van der Waals surface area contributed by atoms with Gasteiger partial charge in [0.05, 0.1) is 23.0 Å². The van der Waals surface area contributed by atoms with E-state index in [1.165, 1.54) is 0 Å². The van der Waals surface area contributed by atoms with Gasteiger partial charge in [0.15, 0.2) is 0 Å². The van der Waals surface area contributed by atoms with E-state index in [0.717, 1.165) is 3.57 Å². The smallest absolute Gasteiger partial charge is 0.338 e. The lowest BCUT2D eigenvalue weighted by Crippen LogP contribution is -2.34. The maximum absolute atomic E-state index is 12.5. The number of esters is 3. The minimum absolute atomic E-state index is 0.00318. The molecule has 0 radical (unpaired) electrons. The summed E-state index contributed by atoms with van der Waals surface area (Å²) in [6.07, 6.45) is -0.316. The van der Waals surface area contributed by atoms with Crippen LogP contribution >= 0.6 is 22.6 Å². The zero-order chi connectivity index (χ0) is 23.9. The van der Waals surface area contributed by atoms with Crippen LogP contribution in [0.1, 0.15) is 50.9 Å². The fourth-order valence-corrected chi connectivity index (χ4v) is 2.97. The third kappa shape index (κ3) is 8.67. The molecular weight excluding hydrogens is 531 g/mol. The predicted molar refractivity (Wildman–Crippen MR) is 124 cm³/mol. The number of carbonyl (C=O) groups is 3. The number of carbonyl (C=O) groups excluding carboxylic acids is 3. The number of benzene rings is 1. The van der Waals surface area contributed by atoms with Crippen molar-refractivity contribution in [2.45, 2.75) is 52.7 Å². The summed E-state index contributed by atoms with van der Waals surface area (Å²) in [5.74, 6) is -1.40. The van der Waals surface area contributed by atoms with E-state index in [2.05, 4.69) is 22.6 Å². The van der Waals surface area contributed by atoms with Crippen molar-refractivity contribution in [3.05, 3.63) is 33.4 Å². The van der Waals surface area contributed by atoms with Gasteiger partial charge in [-0.1, -0.05) is 0 Å². The van der Waals surface area contributed by atoms with E-state index in [0.29, 0.717) is 25.0 Å². The highest BCUT2D eigenvalue weighted by atomic mass is 127. The first-order valence-electron chi connectivity index (χ1n) is 10.5. The first-order valence-corrected chi connectivity index (χ1v) is 11.6. The van der Waals surface area contributed by atoms with E-state index in [1.54, 1.807) is 52.0 Å². The van der Waals surface area contributed by atoms with Crippen molar-refractivity contribution in [3.63, 3.8) is 0 Å². The molecule has 2 rings (SSSR count). The summed E-state index contributed by atoms with van der Waals surface area (Å²) in [6, 6.07) is 6.83. The first-order chi connectivity index (χ1) is 14.9. The predicted octanol–water partition coefficient (Wildman–Crippen LogP) is 3.13. The van der Waals surface area contributed by atoms with Crippen LogP contribution in [0.4, 0.5) is 0 Å². The molecule has 1 aromatic carbocycles. The molecule has 1 saturated heterocycles. The number of rotatable bonds is 12. The van der Waals surface area contributed by atoms with Gasteiger partial charge in [0.1, 0.15) is 32.0 Å². The monoisotopic (exact) mass is 562 g/mol. The maximum Gasteiger partial charge on any atom is 0.338 e. The minimum atomic E-state index is -1.14. The molecule has 0 aliphatic carbocycles. The summed E-state index contributed by atoms with van der Waals surface area (Å²) in [5, 5.41) is 10.0. The molecule has 1 aromatic rings. The van der Waals surface area contributed by atoms with Gasteiger partial charge >= 0.3 is 17.9 Å². The van der Waals surface area contributed by atoms with Crippen LogP contribution in [0.25, 0.3) is 0 Å². The number of halogens is 1. The Hall–Kier alpha value is -1.72. The van der Waals surface area contributed by atoms with Gasteiger partial charge < -0.3 is 24.1 Å². The number of aliphatic hydroxyl groups is 1. The Morgan fingerprint density at radius 2 is 1.50 bits per heavy atom. The summed E-state index contributed by atoms with van der Waals surface area (Å²) >= 11 is 2.13. The Bertz CT molecular complexity index is 799. The molecule has 1 N–H and O–H groups in total. The van der Waals surface area contributed by atoms with Crippen molar-refractivity contribution >= 4 is 40.5 Å². The highest BCUT2D eigenvalue weighted by molar-refractivity contribution is 14.1. The Labute approximate surface area is 202 Å². The number of aliphatic hydroxyl groups excluding tert-OH is 1. The lowest BCUT2D eigenvalue weighted by atomic mass is 9.79. The highest BCUT2D eigenvalue weighted by Crippen LogP contribution is 2.33. The highest BCUT2D eigenvalue weighted by Gasteiger charge is 2.37. The van der Waals surface area contributed by atoms with Crippen LogP contribution in [0.15, 0.2) is 24.3 Å². The van der Waals surface area contributed by atoms with Crippen molar-refractivity contribution in [2.24, 2.45) is 10.8 Å². The molecule has 9 heteroatoms. The third-order valence-electron chi connectivity index (χ3n) is 5.18. The second kappa shape index (κ2) is 11.4. The van der Waals surface area contributed by atoms with E-state index in [1.807, 2.05) is 0 Å². The van der Waals surface area contributed by atoms with Gasteiger partial charge in [-0.15, -0.1) is 0 Å². The quantitative estimate of drug-likeness (QED) is 0.179. The van der Waals surface area contributed by atoms with Gasteiger partial charge in [-0.2, -0.15) is 0 Å². The lowest BCUT2D eigenvalue weighted by Gasteiger charge is -2.28. The largest absolute Gasteiger partial charge is 0.462 e. The molecule has 2 unspecified atom stereocenters. The lowest BCUT2D eigenvalue weighted by molar-refractivity contribution is -0.161. The Morgan fingerprint density at radius 3 is 2.03 bits per heavy atom. The van der Waals surface area contributed by atoms with E-state index in [9.17, 15) is 19.5 Å². The third-order valence-corrected chi connectivity index (χ3v) is 5.90. The van der Waals surface area contributed by atoms with Gasteiger partial charge in [0.25, 0.3) is 0 Å². The molecule has 32 heavy (non-hydrogen) atoms.